The zero-order valence-corrected chi connectivity index (χ0v) is 14.5. The van der Waals surface area contributed by atoms with Crippen molar-refractivity contribution in [3.8, 4) is 0 Å². The predicted octanol–water partition coefficient (Wildman–Crippen LogP) is 3.00. The first kappa shape index (κ1) is 17.9. The summed E-state index contributed by atoms with van der Waals surface area (Å²) < 4.78 is 5.66. The van der Waals surface area contributed by atoms with E-state index >= 15 is 0 Å². The fraction of sp³-hybridized carbons (Fsp3) is 1.00. The summed E-state index contributed by atoms with van der Waals surface area (Å²) in [6, 6.07) is 0.693. The van der Waals surface area contributed by atoms with Gasteiger partial charge < -0.3 is 15.0 Å². The van der Waals surface area contributed by atoms with Gasteiger partial charge in [0, 0.05) is 19.1 Å². The number of nitrogens with zero attached hydrogens (tertiary/aromatic N) is 1. The molecule has 3 atom stereocenters. The molecule has 0 amide bonds. The minimum absolute atomic E-state index is 0.341. The van der Waals surface area contributed by atoms with Crippen molar-refractivity contribution >= 4 is 0 Å². The van der Waals surface area contributed by atoms with E-state index in [2.05, 4.69) is 52.0 Å². The number of nitrogens with one attached hydrogen (secondary N) is 1. The third kappa shape index (κ3) is 6.11. The highest BCUT2D eigenvalue weighted by Gasteiger charge is 2.31. The fourth-order valence-electron chi connectivity index (χ4n) is 3.42. The molecule has 0 aromatic rings. The lowest BCUT2D eigenvalue weighted by atomic mass is 9.73. The summed E-state index contributed by atoms with van der Waals surface area (Å²) in [7, 11) is 4.35. The molecule has 1 fully saturated rings. The zero-order chi connectivity index (χ0) is 15.1. The van der Waals surface area contributed by atoms with Crippen LogP contribution in [0.5, 0.6) is 0 Å². The van der Waals surface area contributed by atoms with Crippen LogP contribution in [0, 0.1) is 17.8 Å². The molecule has 1 aliphatic carbocycles. The molecule has 0 bridgehead atoms. The van der Waals surface area contributed by atoms with Gasteiger partial charge in [-0.15, -0.1) is 0 Å². The Balaban J connectivity index is 2.40. The Bertz CT molecular complexity index is 255. The summed E-state index contributed by atoms with van der Waals surface area (Å²) in [5.74, 6) is 2.51. The molecule has 0 radical (unpaired) electrons. The van der Waals surface area contributed by atoms with Crippen LogP contribution in [0.15, 0.2) is 0 Å². The van der Waals surface area contributed by atoms with E-state index in [9.17, 15) is 0 Å². The van der Waals surface area contributed by atoms with Crippen LogP contribution in [0.3, 0.4) is 0 Å². The van der Waals surface area contributed by atoms with Crippen molar-refractivity contribution < 1.29 is 4.74 Å². The Kier molecular flexibility index (Phi) is 8.08. The van der Waals surface area contributed by atoms with Crippen molar-refractivity contribution in [2.75, 3.05) is 33.8 Å². The number of hydrogen-bond donors (Lipinski definition) is 1. The molecule has 0 aliphatic heterocycles. The van der Waals surface area contributed by atoms with Crippen molar-refractivity contribution in [1.82, 2.24) is 10.2 Å². The van der Waals surface area contributed by atoms with E-state index in [1.165, 1.54) is 25.8 Å². The quantitative estimate of drug-likeness (QED) is 0.741. The molecule has 120 valence electrons. The van der Waals surface area contributed by atoms with Gasteiger partial charge in [-0.05, 0) is 65.0 Å². The molecule has 20 heavy (non-hydrogen) atoms. The van der Waals surface area contributed by atoms with Crippen LogP contribution < -0.4 is 5.32 Å². The van der Waals surface area contributed by atoms with Gasteiger partial charge in [-0.3, -0.25) is 0 Å². The molecular weight excluding hydrogens is 248 g/mol. The van der Waals surface area contributed by atoms with Crippen molar-refractivity contribution in [1.29, 1.82) is 0 Å². The van der Waals surface area contributed by atoms with Gasteiger partial charge in [0.2, 0.25) is 0 Å². The second kappa shape index (κ2) is 9.01. The van der Waals surface area contributed by atoms with Gasteiger partial charge in [-0.25, -0.2) is 0 Å². The highest BCUT2D eigenvalue weighted by Crippen LogP contribution is 2.34. The van der Waals surface area contributed by atoms with Crippen molar-refractivity contribution in [2.45, 2.75) is 59.1 Å². The van der Waals surface area contributed by atoms with Crippen molar-refractivity contribution in [2.24, 2.45) is 17.8 Å². The second-order valence-corrected chi connectivity index (χ2v) is 7.15. The minimum Gasteiger partial charge on any atom is -0.377 e. The van der Waals surface area contributed by atoms with Crippen LogP contribution in [0.1, 0.15) is 47.0 Å². The molecule has 1 aliphatic rings. The molecule has 0 aromatic heterocycles. The third-order valence-corrected chi connectivity index (χ3v) is 4.81. The topological polar surface area (TPSA) is 24.5 Å². The van der Waals surface area contributed by atoms with E-state index in [-0.39, 0.29) is 0 Å². The summed E-state index contributed by atoms with van der Waals surface area (Å²) in [4.78, 5) is 2.44. The Labute approximate surface area is 126 Å². The average molecular weight is 284 g/mol. The summed E-state index contributed by atoms with van der Waals surface area (Å²) >= 11 is 0. The maximum atomic E-state index is 5.66. The van der Waals surface area contributed by atoms with Gasteiger partial charge in [-0.1, -0.05) is 13.8 Å². The number of hydrogen-bond acceptors (Lipinski definition) is 3. The van der Waals surface area contributed by atoms with Crippen molar-refractivity contribution in [3.05, 3.63) is 0 Å². The van der Waals surface area contributed by atoms with Crippen LogP contribution in [0.2, 0.25) is 0 Å². The van der Waals surface area contributed by atoms with Crippen LogP contribution in [-0.2, 0) is 4.74 Å². The molecule has 3 heteroatoms. The van der Waals surface area contributed by atoms with Crippen LogP contribution >= 0.6 is 0 Å². The smallest absolute Gasteiger partial charge is 0.0596 e. The van der Waals surface area contributed by atoms with Crippen molar-refractivity contribution in [3.63, 3.8) is 0 Å². The summed E-state index contributed by atoms with van der Waals surface area (Å²) in [5.41, 5.74) is 0. The highest BCUT2D eigenvalue weighted by molar-refractivity contribution is 4.86. The molecule has 1 saturated carbocycles. The lowest BCUT2D eigenvalue weighted by Gasteiger charge is -2.39. The fourth-order valence-corrected chi connectivity index (χ4v) is 3.42. The van der Waals surface area contributed by atoms with E-state index in [0.29, 0.717) is 12.1 Å². The van der Waals surface area contributed by atoms with E-state index in [1.807, 2.05) is 0 Å². The van der Waals surface area contributed by atoms with E-state index in [4.69, 9.17) is 4.74 Å². The lowest BCUT2D eigenvalue weighted by Crippen LogP contribution is -2.45. The number of rotatable bonds is 8. The van der Waals surface area contributed by atoms with E-state index in [0.717, 1.165) is 30.9 Å². The van der Waals surface area contributed by atoms with Gasteiger partial charge in [-0.2, -0.15) is 0 Å². The molecule has 3 nitrogen and oxygen atoms in total. The standard InChI is InChI=1S/C17H36N2O/c1-13(2)15-7-8-17(18-5)16(11-15)12-19(6)9-10-20-14(3)4/h13-18H,7-12H2,1-6H3. The molecule has 1 N–H and O–H groups in total. The van der Waals surface area contributed by atoms with Gasteiger partial charge in [0.05, 0.1) is 12.7 Å². The van der Waals surface area contributed by atoms with Crippen LogP contribution in [0.4, 0.5) is 0 Å². The highest BCUT2D eigenvalue weighted by atomic mass is 16.5. The maximum absolute atomic E-state index is 5.66. The largest absolute Gasteiger partial charge is 0.377 e. The lowest BCUT2D eigenvalue weighted by molar-refractivity contribution is 0.0552. The van der Waals surface area contributed by atoms with Crippen LogP contribution in [-0.4, -0.2) is 50.8 Å². The minimum atomic E-state index is 0.341. The monoisotopic (exact) mass is 284 g/mol. The summed E-state index contributed by atoms with van der Waals surface area (Å²) in [6.45, 7) is 12.0. The van der Waals surface area contributed by atoms with Crippen LogP contribution in [0.25, 0.3) is 0 Å². The predicted molar refractivity (Wildman–Crippen MR) is 87.1 cm³/mol. The van der Waals surface area contributed by atoms with E-state index in [1.54, 1.807) is 0 Å². The first-order valence-corrected chi connectivity index (χ1v) is 8.41. The molecule has 0 heterocycles. The maximum Gasteiger partial charge on any atom is 0.0596 e. The Hall–Kier alpha value is -0.120. The van der Waals surface area contributed by atoms with Gasteiger partial charge in [0.25, 0.3) is 0 Å². The molecule has 0 spiro atoms. The zero-order valence-electron chi connectivity index (χ0n) is 14.5. The number of likely N-dealkylation sites (N-methyl/N-ethyl adjacent to an activating group) is 1. The van der Waals surface area contributed by atoms with Gasteiger partial charge >= 0.3 is 0 Å². The summed E-state index contributed by atoms with van der Waals surface area (Å²) in [5, 5.41) is 3.54. The number of ether oxygens (including phenoxy) is 1. The van der Waals surface area contributed by atoms with E-state index < -0.39 is 0 Å². The molecule has 1 rings (SSSR count). The third-order valence-electron chi connectivity index (χ3n) is 4.81. The van der Waals surface area contributed by atoms with Gasteiger partial charge in [0.1, 0.15) is 0 Å². The first-order chi connectivity index (χ1) is 9.43. The molecule has 0 saturated heterocycles. The summed E-state index contributed by atoms with van der Waals surface area (Å²) in [6.07, 6.45) is 4.44. The average Bonchev–Trinajstić information content (AvgIpc) is 2.38. The molecular formula is C17H36N2O. The Morgan fingerprint density at radius 3 is 2.45 bits per heavy atom. The first-order valence-electron chi connectivity index (χ1n) is 8.41. The normalized spacial score (nSPS) is 27.8. The Morgan fingerprint density at radius 2 is 1.90 bits per heavy atom. The molecule has 3 unspecified atom stereocenters. The Morgan fingerprint density at radius 1 is 1.20 bits per heavy atom. The van der Waals surface area contributed by atoms with Gasteiger partial charge in [0.15, 0.2) is 0 Å². The SMILES string of the molecule is CNC1CCC(C(C)C)CC1CN(C)CCOC(C)C. The second-order valence-electron chi connectivity index (χ2n) is 7.15. The molecule has 0 aromatic carbocycles.